The quantitative estimate of drug-likeness (QED) is 0.510. The Kier molecular flexibility index (Phi) is 8.68. The lowest BCUT2D eigenvalue weighted by molar-refractivity contribution is 0.250. The summed E-state index contributed by atoms with van der Waals surface area (Å²) in [6, 6.07) is 1.36. The molecule has 0 aliphatic heterocycles. The number of thiol groups is 1. The highest BCUT2D eigenvalue weighted by atomic mass is 32.4. The topological polar surface area (TPSA) is 9.23 Å². The number of ether oxygens (including phenoxy) is 1. The molecule has 1 unspecified atom stereocenters. The third kappa shape index (κ3) is 5.65. The fraction of sp³-hybridized carbons (Fsp3) is 1.00. The summed E-state index contributed by atoms with van der Waals surface area (Å²) in [6.07, 6.45) is 4.45. The molecule has 4 heteroatoms. The van der Waals surface area contributed by atoms with E-state index in [4.69, 9.17) is 4.74 Å². The Morgan fingerprint density at radius 1 is 1.60 bits per heavy atom. The lowest BCUT2D eigenvalue weighted by Crippen LogP contribution is -2.15. The Labute approximate surface area is 74.6 Å². The van der Waals surface area contributed by atoms with Gasteiger partial charge in [0.1, 0.15) is 7.95 Å². The van der Waals surface area contributed by atoms with Crippen LogP contribution in [0.4, 0.5) is 0 Å². The van der Waals surface area contributed by atoms with Crippen LogP contribution in [0.1, 0.15) is 6.42 Å². The minimum atomic E-state index is -0.585. The smallest absolute Gasteiger partial charge is 0.129 e. The molecule has 0 aromatic heterocycles. The summed E-state index contributed by atoms with van der Waals surface area (Å²) in [7, 11) is 1.20. The van der Waals surface area contributed by atoms with Crippen molar-refractivity contribution in [3.63, 3.8) is 0 Å². The van der Waals surface area contributed by atoms with Crippen LogP contribution in [-0.2, 0) is 4.74 Å². The average Bonchev–Trinajstić information content (AvgIpc) is 1.98. The maximum atomic E-state index is 5.11. The van der Waals surface area contributed by atoms with Crippen molar-refractivity contribution in [2.24, 2.45) is 0 Å². The van der Waals surface area contributed by atoms with Gasteiger partial charge in [-0.05, 0) is 24.5 Å². The summed E-state index contributed by atoms with van der Waals surface area (Å²) in [5, 5.41) is 0. The van der Waals surface area contributed by atoms with E-state index in [1.807, 2.05) is 11.2 Å². The minimum Gasteiger partial charge on any atom is -0.387 e. The zero-order chi connectivity index (χ0) is 7.82. The molecule has 0 radical (unpaired) electrons. The summed E-state index contributed by atoms with van der Waals surface area (Å²) >= 11 is 6.19. The largest absolute Gasteiger partial charge is 0.387 e. The molecule has 0 fully saturated rings. The molecule has 0 aliphatic carbocycles. The highest BCUT2D eigenvalue weighted by molar-refractivity contribution is 8.25. The molecule has 10 heavy (non-hydrogen) atoms. The van der Waals surface area contributed by atoms with E-state index in [0.29, 0.717) is 0 Å². The van der Waals surface area contributed by atoms with Gasteiger partial charge >= 0.3 is 0 Å². The SMILES string of the molecule is COC[SiH](CCCS)SC. The summed E-state index contributed by atoms with van der Waals surface area (Å²) in [5.74, 6) is 1.02. The van der Waals surface area contributed by atoms with Gasteiger partial charge in [0.2, 0.25) is 0 Å². The summed E-state index contributed by atoms with van der Waals surface area (Å²) < 4.78 is 5.11. The van der Waals surface area contributed by atoms with Crippen molar-refractivity contribution >= 4 is 31.8 Å². The second-order valence-electron chi connectivity index (χ2n) is 2.18. The fourth-order valence-electron chi connectivity index (χ4n) is 0.774. The third-order valence-electron chi connectivity index (χ3n) is 1.37. The molecular weight excluding hydrogens is 180 g/mol. The van der Waals surface area contributed by atoms with Crippen molar-refractivity contribution in [1.29, 1.82) is 0 Å². The molecule has 1 atom stereocenters. The van der Waals surface area contributed by atoms with E-state index in [1.54, 1.807) is 7.11 Å². The van der Waals surface area contributed by atoms with Gasteiger partial charge in [-0.3, -0.25) is 0 Å². The number of rotatable bonds is 6. The van der Waals surface area contributed by atoms with Crippen molar-refractivity contribution < 1.29 is 4.74 Å². The van der Waals surface area contributed by atoms with Gasteiger partial charge in [-0.15, -0.1) is 0 Å². The van der Waals surface area contributed by atoms with Crippen LogP contribution in [-0.4, -0.2) is 33.3 Å². The van der Waals surface area contributed by atoms with Crippen molar-refractivity contribution in [1.82, 2.24) is 0 Å². The first-order valence-corrected chi connectivity index (χ1v) is 8.44. The average molecular weight is 196 g/mol. The second kappa shape index (κ2) is 7.98. The van der Waals surface area contributed by atoms with Gasteiger partial charge < -0.3 is 4.74 Å². The molecule has 0 spiro atoms. The molecule has 0 aromatic rings. The molecule has 0 heterocycles. The Hall–Kier alpha value is 0.877. The molecule has 0 aromatic carbocycles. The van der Waals surface area contributed by atoms with Gasteiger partial charge in [-0.1, -0.05) is 0 Å². The van der Waals surface area contributed by atoms with Crippen molar-refractivity contribution in [2.75, 3.05) is 25.3 Å². The van der Waals surface area contributed by atoms with Gasteiger partial charge in [-0.25, -0.2) is 0 Å². The zero-order valence-corrected chi connectivity index (χ0v) is 9.54. The van der Waals surface area contributed by atoms with E-state index >= 15 is 0 Å². The van der Waals surface area contributed by atoms with Crippen LogP contribution >= 0.6 is 23.8 Å². The number of hydrogen-bond donors (Lipinski definition) is 1. The Morgan fingerprint density at radius 3 is 2.70 bits per heavy atom. The predicted octanol–water partition coefficient (Wildman–Crippen LogP) is 1.58. The predicted molar refractivity (Wildman–Crippen MR) is 55.8 cm³/mol. The molecule has 0 saturated carbocycles. The Bertz CT molecular complexity index is 72.8. The number of methoxy groups -OCH3 is 1. The van der Waals surface area contributed by atoms with E-state index in [9.17, 15) is 0 Å². The van der Waals surface area contributed by atoms with Gasteiger partial charge in [0.25, 0.3) is 0 Å². The lowest BCUT2D eigenvalue weighted by Gasteiger charge is -2.09. The molecule has 0 bridgehead atoms. The monoisotopic (exact) mass is 196 g/mol. The molecule has 0 saturated heterocycles. The van der Waals surface area contributed by atoms with Crippen LogP contribution in [0.3, 0.4) is 0 Å². The van der Waals surface area contributed by atoms with Crippen LogP contribution in [0.5, 0.6) is 0 Å². The zero-order valence-electron chi connectivity index (χ0n) is 6.67. The third-order valence-corrected chi connectivity index (χ3v) is 7.23. The molecule has 0 N–H and O–H groups in total. The maximum absolute atomic E-state index is 5.11. The van der Waals surface area contributed by atoms with Gasteiger partial charge in [0.15, 0.2) is 0 Å². The lowest BCUT2D eigenvalue weighted by atomic mass is 10.6. The molecule has 0 aliphatic rings. The second-order valence-corrected chi connectivity index (χ2v) is 8.67. The van der Waals surface area contributed by atoms with E-state index in [2.05, 4.69) is 18.9 Å². The molecule has 1 nitrogen and oxygen atoms in total. The molecule has 62 valence electrons. The van der Waals surface area contributed by atoms with E-state index < -0.39 is 7.95 Å². The molecular formula is C6H16OS2Si. The summed E-state index contributed by atoms with van der Waals surface area (Å²) in [4.78, 5) is 0. The summed E-state index contributed by atoms with van der Waals surface area (Å²) in [5.41, 5.74) is 0. The minimum absolute atomic E-state index is 0.585. The highest BCUT2D eigenvalue weighted by Crippen LogP contribution is 2.10. The summed E-state index contributed by atoms with van der Waals surface area (Å²) in [6.45, 7) is 0. The first kappa shape index (κ1) is 10.9. The van der Waals surface area contributed by atoms with E-state index in [1.165, 1.54) is 12.5 Å². The van der Waals surface area contributed by atoms with Crippen molar-refractivity contribution in [3.05, 3.63) is 0 Å². The first-order valence-electron chi connectivity index (χ1n) is 3.47. The normalized spacial score (nSPS) is 13.5. The van der Waals surface area contributed by atoms with Gasteiger partial charge in [-0.2, -0.15) is 23.8 Å². The Morgan fingerprint density at radius 2 is 2.30 bits per heavy atom. The van der Waals surface area contributed by atoms with E-state index in [0.717, 1.165) is 12.0 Å². The highest BCUT2D eigenvalue weighted by Gasteiger charge is 2.06. The van der Waals surface area contributed by atoms with E-state index in [-0.39, 0.29) is 0 Å². The van der Waals surface area contributed by atoms with Crippen LogP contribution in [0.2, 0.25) is 6.04 Å². The van der Waals surface area contributed by atoms with Crippen LogP contribution in [0, 0.1) is 0 Å². The molecule has 0 amide bonds. The molecule has 0 rings (SSSR count). The van der Waals surface area contributed by atoms with Crippen LogP contribution in [0.15, 0.2) is 0 Å². The maximum Gasteiger partial charge on any atom is 0.129 e. The Balaban J connectivity index is 3.21. The van der Waals surface area contributed by atoms with Crippen LogP contribution in [0.25, 0.3) is 0 Å². The van der Waals surface area contributed by atoms with Crippen molar-refractivity contribution in [2.45, 2.75) is 12.5 Å². The van der Waals surface area contributed by atoms with Crippen molar-refractivity contribution in [3.8, 4) is 0 Å². The number of hydrogen-bond acceptors (Lipinski definition) is 3. The van der Waals surface area contributed by atoms with Crippen LogP contribution < -0.4 is 0 Å². The van der Waals surface area contributed by atoms with Gasteiger partial charge in [0.05, 0.1) is 0 Å². The fourth-order valence-corrected chi connectivity index (χ4v) is 4.89. The standard InChI is InChI=1S/C6H16OS2Si/c1-7-6-10(9-2)5-3-4-8/h8,10H,3-6H2,1-2H3. The van der Waals surface area contributed by atoms with Gasteiger partial charge in [0, 0.05) is 13.3 Å². The first-order chi connectivity index (χ1) is 4.85.